The van der Waals surface area contributed by atoms with Crippen LogP contribution in [0.1, 0.15) is 35.3 Å². The highest BCUT2D eigenvalue weighted by molar-refractivity contribution is 7.15. The van der Waals surface area contributed by atoms with Crippen molar-refractivity contribution in [1.82, 2.24) is 0 Å². The lowest BCUT2D eigenvalue weighted by Gasteiger charge is -2.15. The van der Waals surface area contributed by atoms with Gasteiger partial charge in [0.25, 0.3) is 0 Å². The largest absolute Gasteiger partial charge is 0.297 e. The van der Waals surface area contributed by atoms with Gasteiger partial charge >= 0.3 is 0 Å². The van der Waals surface area contributed by atoms with E-state index in [0.717, 1.165) is 16.6 Å². The molecule has 1 nitrogen and oxygen atoms in total. The van der Waals surface area contributed by atoms with Gasteiger partial charge in [-0.3, -0.25) is 4.79 Å². The third-order valence-corrected chi connectivity index (χ3v) is 3.39. The molecule has 0 radical (unpaired) electrons. The molecule has 1 rings (SSSR count). The van der Waals surface area contributed by atoms with E-state index < -0.39 is 0 Å². The fourth-order valence-electron chi connectivity index (χ4n) is 0.983. The molecule has 0 aliphatic carbocycles. The van der Waals surface area contributed by atoms with Crippen molar-refractivity contribution in [2.75, 3.05) is 0 Å². The maximum atomic E-state index is 10.6. The van der Waals surface area contributed by atoms with Crippen molar-refractivity contribution in [1.29, 1.82) is 0 Å². The zero-order valence-electron chi connectivity index (χ0n) is 7.97. The van der Waals surface area contributed by atoms with Crippen molar-refractivity contribution in [3.63, 3.8) is 0 Å². The van der Waals surface area contributed by atoms with Crippen molar-refractivity contribution >= 4 is 30.9 Å². The summed E-state index contributed by atoms with van der Waals surface area (Å²) in [4.78, 5) is 12.7. The molecule has 1 aromatic heterocycles. The third-order valence-electron chi connectivity index (χ3n) is 1.80. The lowest BCUT2D eigenvalue weighted by Crippen LogP contribution is -2.09. The van der Waals surface area contributed by atoms with E-state index in [1.165, 1.54) is 4.88 Å². The fourth-order valence-corrected chi connectivity index (χ4v) is 2.03. The number of hydrogen-bond acceptors (Lipinski definition) is 2. The molecule has 0 unspecified atom stereocenters. The molecule has 3 heteroatoms. The second-order valence-corrected chi connectivity index (χ2v) is 5.11. The van der Waals surface area contributed by atoms with E-state index in [9.17, 15) is 4.79 Å². The van der Waals surface area contributed by atoms with Crippen molar-refractivity contribution in [2.45, 2.75) is 26.2 Å². The second-order valence-electron chi connectivity index (χ2n) is 4.03. The Bertz CT molecular complexity index is 296. The Hall–Kier alpha value is -0.565. The molecule has 12 heavy (non-hydrogen) atoms. The lowest BCUT2D eigenvalue weighted by molar-refractivity contribution is 0.112. The Labute approximate surface area is 78.2 Å². The summed E-state index contributed by atoms with van der Waals surface area (Å²) in [7, 11) is 1.98. The van der Waals surface area contributed by atoms with Gasteiger partial charge in [0.1, 0.15) is 7.85 Å². The van der Waals surface area contributed by atoms with Crippen LogP contribution in [0, 0.1) is 0 Å². The number of hydrogen-bond donors (Lipinski definition) is 0. The van der Waals surface area contributed by atoms with Crippen molar-refractivity contribution < 1.29 is 4.79 Å². The second kappa shape index (κ2) is 3.06. The molecule has 0 aliphatic rings. The molecule has 0 saturated heterocycles. The van der Waals surface area contributed by atoms with Gasteiger partial charge in [0.15, 0.2) is 6.29 Å². The molecule has 0 spiro atoms. The van der Waals surface area contributed by atoms with Crippen LogP contribution in [0.3, 0.4) is 0 Å². The van der Waals surface area contributed by atoms with E-state index in [4.69, 9.17) is 0 Å². The molecule has 0 bridgehead atoms. The zero-order valence-corrected chi connectivity index (χ0v) is 8.79. The first-order valence-corrected chi connectivity index (χ1v) is 4.83. The highest BCUT2D eigenvalue weighted by Gasteiger charge is 2.17. The van der Waals surface area contributed by atoms with Crippen molar-refractivity contribution in [3.8, 4) is 0 Å². The normalized spacial score (nSPS) is 11.6. The van der Waals surface area contributed by atoms with Crippen LogP contribution in [0.15, 0.2) is 6.07 Å². The molecule has 0 N–H and O–H groups in total. The molecule has 0 aromatic carbocycles. The Morgan fingerprint density at radius 3 is 2.33 bits per heavy atom. The van der Waals surface area contributed by atoms with Crippen LogP contribution in [0.2, 0.25) is 0 Å². The smallest absolute Gasteiger partial charge is 0.159 e. The van der Waals surface area contributed by atoms with E-state index in [1.54, 1.807) is 11.3 Å². The van der Waals surface area contributed by atoms with Gasteiger partial charge in [0.2, 0.25) is 0 Å². The van der Waals surface area contributed by atoms with E-state index in [0.29, 0.717) is 0 Å². The molecule has 1 aromatic rings. The Kier molecular flexibility index (Phi) is 2.42. The predicted octanol–water partition coefficient (Wildman–Crippen LogP) is 1.12. The summed E-state index contributed by atoms with van der Waals surface area (Å²) in [5.74, 6) is 0. The number of aldehydes is 1. The number of rotatable bonds is 1. The summed E-state index contributed by atoms with van der Waals surface area (Å²) in [6.45, 7) is 6.48. The van der Waals surface area contributed by atoms with Crippen molar-refractivity contribution in [2.24, 2.45) is 0 Å². The summed E-state index contributed by atoms with van der Waals surface area (Å²) >= 11 is 1.60. The molecule has 0 saturated carbocycles. The summed E-state index contributed by atoms with van der Waals surface area (Å²) < 4.78 is 0. The molecule has 0 amide bonds. The van der Waals surface area contributed by atoms with Crippen LogP contribution in [0.4, 0.5) is 0 Å². The van der Waals surface area contributed by atoms with E-state index in [1.807, 2.05) is 7.85 Å². The highest BCUT2D eigenvalue weighted by Crippen LogP contribution is 2.27. The molecule has 0 fully saturated rings. The average Bonchev–Trinajstić information content (AvgIpc) is 2.29. The molecular formula is C9H13BOS. The van der Waals surface area contributed by atoms with Gasteiger partial charge in [-0.05, 0) is 5.41 Å². The molecule has 0 aliphatic heterocycles. The topological polar surface area (TPSA) is 17.1 Å². The fraction of sp³-hybridized carbons (Fsp3) is 0.444. The monoisotopic (exact) mass is 180 g/mol. The van der Waals surface area contributed by atoms with E-state index in [-0.39, 0.29) is 5.41 Å². The summed E-state index contributed by atoms with van der Waals surface area (Å²) in [5.41, 5.74) is 1.26. The van der Waals surface area contributed by atoms with Crippen LogP contribution in [0.25, 0.3) is 0 Å². The lowest BCUT2D eigenvalue weighted by atomic mass is 9.90. The first-order valence-electron chi connectivity index (χ1n) is 4.01. The summed E-state index contributed by atoms with van der Waals surface area (Å²) in [5, 5.41) is 0. The van der Waals surface area contributed by atoms with Crippen LogP contribution in [-0.2, 0) is 5.41 Å². The van der Waals surface area contributed by atoms with Gasteiger partial charge < -0.3 is 0 Å². The minimum absolute atomic E-state index is 0.163. The number of thiophene rings is 1. The maximum absolute atomic E-state index is 10.6. The van der Waals surface area contributed by atoms with E-state index in [2.05, 4.69) is 26.8 Å². The first-order chi connectivity index (χ1) is 5.45. The molecule has 1 heterocycles. The Morgan fingerprint density at radius 2 is 2.08 bits per heavy atom. The molecule has 64 valence electrons. The first kappa shape index (κ1) is 9.52. The highest BCUT2D eigenvalue weighted by atomic mass is 32.1. The summed E-state index contributed by atoms with van der Waals surface area (Å²) in [6.07, 6.45) is 0.940. The standard InChI is InChI=1S/C9H13BOS/c1-9(2,3)8-4-6(10)7(5-11)12-8/h4-5H,10H2,1-3H3. The van der Waals surface area contributed by atoms with Crippen molar-refractivity contribution in [3.05, 3.63) is 15.8 Å². The zero-order chi connectivity index (χ0) is 9.35. The van der Waals surface area contributed by atoms with Gasteiger partial charge in [0.05, 0.1) is 4.88 Å². The number of carbonyl (C=O) groups is 1. The maximum Gasteiger partial charge on any atom is 0.159 e. The van der Waals surface area contributed by atoms with Gasteiger partial charge in [-0.2, -0.15) is 0 Å². The minimum atomic E-state index is 0.163. The Morgan fingerprint density at radius 1 is 1.50 bits per heavy atom. The summed E-state index contributed by atoms with van der Waals surface area (Å²) in [6, 6.07) is 2.11. The Balaban J connectivity index is 3.13. The van der Waals surface area contributed by atoms with Gasteiger partial charge in [-0.1, -0.05) is 32.3 Å². The van der Waals surface area contributed by atoms with Gasteiger partial charge in [0, 0.05) is 4.88 Å². The SMILES string of the molecule is Bc1cc(C(C)(C)C)sc1C=O. The van der Waals surface area contributed by atoms with Crippen LogP contribution in [0.5, 0.6) is 0 Å². The van der Waals surface area contributed by atoms with Crippen LogP contribution in [-0.4, -0.2) is 14.1 Å². The van der Waals surface area contributed by atoms with Crippen LogP contribution < -0.4 is 5.46 Å². The van der Waals surface area contributed by atoms with Gasteiger partial charge in [-0.25, -0.2) is 0 Å². The quantitative estimate of drug-likeness (QED) is 0.467. The van der Waals surface area contributed by atoms with Gasteiger partial charge in [-0.15, -0.1) is 11.3 Å². The third kappa shape index (κ3) is 1.78. The predicted molar refractivity (Wildman–Crippen MR) is 56.6 cm³/mol. The molecule has 0 atom stereocenters. The van der Waals surface area contributed by atoms with Crippen LogP contribution >= 0.6 is 11.3 Å². The average molecular weight is 180 g/mol. The minimum Gasteiger partial charge on any atom is -0.297 e. The molecular weight excluding hydrogens is 167 g/mol. The number of carbonyl (C=O) groups excluding carboxylic acids is 1. The van der Waals surface area contributed by atoms with E-state index >= 15 is 0 Å².